The van der Waals surface area contributed by atoms with Gasteiger partial charge in [-0.3, -0.25) is 4.79 Å². The van der Waals surface area contributed by atoms with E-state index in [2.05, 4.69) is 5.32 Å². The summed E-state index contributed by atoms with van der Waals surface area (Å²) in [6.45, 7) is 5.34. The van der Waals surface area contributed by atoms with E-state index in [1.807, 2.05) is 13.8 Å². The molecule has 1 atom stereocenters. The monoisotopic (exact) mass is 417 g/mol. The van der Waals surface area contributed by atoms with Gasteiger partial charge in [0, 0.05) is 16.8 Å². The quantitative estimate of drug-likeness (QED) is 0.497. The van der Waals surface area contributed by atoms with E-state index >= 15 is 0 Å². The number of hydrogen-bond donors (Lipinski definition) is 1. The topological polar surface area (TPSA) is 73.9 Å². The lowest BCUT2D eigenvalue weighted by Crippen LogP contribution is -2.29. The zero-order valence-corrected chi connectivity index (χ0v) is 17.5. The van der Waals surface area contributed by atoms with E-state index in [4.69, 9.17) is 25.8 Å². The Balaban J connectivity index is 1.95. The number of anilines is 1. The lowest BCUT2D eigenvalue weighted by Gasteiger charge is -2.14. The number of methoxy groups -OCH3 is 1. The average Bonchev–Trinajstić information content (AvgIpc) is 2.66. The van der Waals surface area contributed by atoms with Crippen LogP contribution in [0.3, 0.4) is 0 Å². The summed E-state index contributed by atoms with van der Waals surface area (Å²) in [6.07, 6.45) is 1.87. The fraction of sp³-hybridized carbons (Fsp3) is 0.273. The van der Waals surface area contributed by atoms with Gasteiger partial charge in [0.15, 0.2) is 17.6 Å². The zero-order chi connectivity index (χ0) is 21.4. The molecule has 0 heterocycles. The molecule has 154 valence electrons. The summed E-state index contributed by atoms with van der Waals surface area (Å²) in [6, 6.07) is 12.0. The Morgan fingerprint density at radius 2 is 1.83 bits per heavy atom. The predicted molar refractivity (Wildman–Crippen MR) is 113 cm³/mol. The van der Waals surface area contributed by atoms with E-state index in [0.717, 1.165) is 5.56 Å². The third kappa shape index (κ3) is 7.16. The van der Waals surface area contributed by atoms with Crippen molar-refractivity contribution in [1.82, 2.24) is 0 Å². The number of benzene rings is 2. The molecule has 0 radical (unpaired) electrons. The number of halogens is 1. The van der Waals surface area contributed by atoms with Crippen molar-refractivity contribution in [3.05, 3.63) is 59.1 Å². The zero-order valence-electron chi connectivity index (χ0n) is 16.8. The molecule has 1 amide bonds. The van der Waals surface area contributed by atoms with Crippen molar-refractivity contribution < 1.29 is 23.8 Å². The van der Waals surface area contributed by atoms with Crippen LogP contribution in [0.4, 0.5) is 5.69 Å². The van der Waals surface area contributed by atoms with E-state index in [-0.39, 0.29) is 6.10 Å². The number of carbonyl (C=O) groups is 2. The standard InChI is InChI=1S/C22H24ClNO5/c1-14(2)28-19-10-8-16(12-20(19)27-4)9-11-21(25)29-15(3)22(26)24-18-7-5-6-17(23)13-18/h5-15H,1-4H3,(H,24,26)/b11-9+/t15-/m0/s1. The number of nitrogens with one attached hydrogen (secondary N) is 1. The SMILES string of the molecule is COc1cc(/C=C/C(=O)O[C@@H](C)C(=O)Nc2cccc(Cl)c2)ccc1OC(C)C. The summed E-state index contributed by atoms with van der Waals surface area (Å²) in [4.78, 5) is 24.2. The molecule has 2 rings (SSSR count). The Kier molecular flexibility index (Phi) is 8.09. The fourth-order valence-corrected chi connectivity index (χ4v) is 2.57. The van der Waals surface area contributed by atoms with Crippen molar-refractivity contribution >= 4 is 35.2 Å². The van der Waals surface area contributed by atoms with Crippen LogP contribution in [0.25, 0.3) is 6.08 Å². The molecule has 0 fully saturated rings. The molecule has 0 aromatic heterocycles. The molecule has 29 heavy (non-hydrogen) atoms. The molecule has 7 heteroatoms. The number of rotatable bonds is 8. The van der Waals surface area contributed by atoms with Gasteiger partial charge >= 0.3 is 5.97 Å². The van der Waals surface area contributed by atoms with E-state index in [1.54, 1.807) is 55.7 Å². The van der Waals surface area contributed by atoms with Crippen molar-refractivity contribution in [1.29, 1.82) is 0 Å². The summed E-state index contributed by atoms with van der Waals surface area (Å²) >= 11 is 5.89. The highest BCUT2D eigenvalue weighted by molar-refractivity contribution is 6.30. The molecule has 0 spiro atoms. The number of ether oxygens (including phenoxy) is 3. The highest BCUT2D eigenvalue weighted by Gasteiger charge is 2.17. The molecule has 6 nitrogen and oxygen atoms in total. The molecule has 0 aliphatic heterocycles. The van der Waals surface area contributed by atoms with Crippen molar-refractivity contribution in [2.75, 3.05) is 12.4 Å². The van der Waals surface area contributed by atoms with Crippen molar-refractivity contribution in [2.45, 2.75) is 33.0 Å². The van der Waals surface area contributed by atoms with Crippen LogP contribution in [0.2, 0.25) is 5.02 Å². The van der Waals surface area contributed by atoms with Gasteiger partial charge in [-0.05, 0) is 62.7 Å². The summed E-state index contributed by atoms with van der Waals surface area (Å²) < 4.78 is 16.1. The second-order valence-corrected chi connectivity index (χ2v) is 6.93. The lowest BCUT2D eigenvalue weighted by molar-refractivity contribution is -0.148. The largest absolute Gasteiger partial charge is 0.493 e. The molecule has 0 bridgehead atoms. The van der Waals surface area contributed by atoms with Gasteiger partial charge in [-0.1, -0.05) is 23.7 Å². The lowest BCUT2D eigenvalue weighted by atomic mass is 10.2. The van der Waals surface area contributed by atoms with Crippen LogP contribution < -0.4 is 14.8 Å². The minimum Gasteiger partial charge on any atom is -0.493 e. The first-order valence-electron chi connectivity index (χ1n) is 9.08. The first-order chi connectivity index (χ1) is 13.8. The highest BCUT2D eigenvalue weighted by atomic mass is 35.5. The summed E-state index contributed by atoms with van der Waals surface area (Å²) in [5, 5.41) is 3.14. The van der Waals surface area contributed by atoms with Crippen molar-refractivity contribution in [2.24, 2.45) is 0 Å². The maximum atomic E-state index is 12.2. The maximum absolute atomic E-state index is 12.2. The van der Waals surface area contributed by atoms with Crippen LogP contribution in [-0.2, 0) is 14.3 Å². The number of hydrogen-bond acceptors (Lipinski definition) is 5. The van der Waals surface area contributed by atoms with Crippen molar-refractivity contribution in [3.8, 4) is 11.5 Å². The number of carbonyl (C=O) groups excluding carboxylic acids is 2. The smallest absolute Gasteiger partial charge is 0.331 e. The summed E-state index contributed by atoms with van der Waals surface area (Å²) in [5.74, 6) is 0.0862. The van der Waals surface area contributed by atoms with Gasteiger partial charge in [0.2, 0.25) is 0 Å². The fourth-order valence-electron chi connectivity index (χ4n) is 2.38. The molecule has 0 unspecified atom stereocenters. The Morgan fingerprint density at radius 3 is 2.48 bits per heavy atom. The Bertz CT molecular complexity index is 895. The highest BCUT2D eigenvalue weighted by Crippen LogP contribution is 2.29. The van der Waals surface area contributed by atoms with Crippen LogP contribution in [0.5, 0.6) is 11.5 Å². The Hall–Kier alpha value is -2.99. The van der Waals surface area contributed by atoms with Crippen LogP contribution >= 0.6 is 11.6 Å². The minimum atomic E-state index is -0.970. The van der Waals surface area contributed by atoms with Gasteiger partial charge in [0.1, 0.15) is 0 Å². The third-order valence-electron chi connectivity index (χ3n) is 3.72. The summed E-state index contributed by atoms with van der Waals surface area (Å²) in [7, 11) is 1.55. The number of amides is 1. The molecule has 2 aromatic carbocycles. The Labute approximate surface area is 175 Å². The molecule has 0 saturated carbocycles. The molecular weight excluding hydrogens is 394 g/mol. The molecular formula is C22H24ClNO5. The third-order valence-corrected chi connectivity index (χ3v) is 3.95. The van der Waals surface area contributed by atoms with Crippen LogP contribution in [-0.4, -0.2) is 31.2 Å². The van der Waals surface area contributed by atoms with Crippen LogP contribution in [0, 0.1) is 0 Å². The van der Waals surface area contributed by atoms with E-state index < -0.39 is 18.0 Å². The number of esters is 1. The van der Waals surface area contributed by atoms with Crippen LogP contribution in [0.1, 0.15) is 26.3 Å². The second kappa shape index (κ2) is 10.5. The second-order valence-electron chi connectivity index (χ2n) is 6.49. The molecule has 2 aromatic rings. The van der Waals surface area contributed by atoms with E-state index in [0.29, 0.717) is 22.2 Å². The van der Waals surface area contributed by atoms with E-state index in [9.17, 15) is 9.59 Å². The Morgan fingerprint density at radius 1 is 1.07 bits per heavy atom. The average molecular weight is 418 g/mol. The van der Waals surface area contributed by atoms with Gasteiger partial charge in [-0.25, -0.2) is 4.79 Å². The summed E-state index contributed by atoms with van der Waals surface area (Å²) in [5.41, 5.74) is 1.25. The van der Waals surface area contributed by atoms with Gasteiger partial charge in [-0.15, -0.1) is 0 Å². The molecule has 0 aliphatic rings. The molecule has 0 saturated heterocycles. The normalized spacial score (nSPS) is 11.9. The van der Waals surface area contributed by atoms with Gasteiger partial charge in [0.25, 0.3) is 5.91 Å². The maximum Gasteiger partial charge on any atom is 0.331 e. The van der Waals surface area contributed by atoms with Gasteiger partial charge < -0.3 is 19.5 Å². The predicted octanol–water partition coefficient (Wildman–Crippen LogP) is 4.72. The molecule has 0 aliphatic carbocycles. The van der Waals surface area contributed by atoms with Gasteiger partial charge in [0.05, 0.1) is 13.2 Å². The van der Waals surface area contributed by atoms with Crippen LogP contribution in [0.15, 0.2) is 48.5 Å². The first-order valence-corrected chi connectivity index (χ1v) is 9.46. The minimum absolute atomic E-state index is 0.0137. The van der Waals surface area contributed by atoms with Gasteiger partial charge in [-0.2, -0.15) is 0 Å². The first kappa shape index (κ1) is 22.3. The van der Waals surface area contributed by atoms with E-state index in [1.165, 1.54) is 13.0 Å². The van der Waals surface area contributed by atoms with Crippen molar-refractivity contribution in [3.63, 3.8) is 0 Å². The molecule has 1 N–H and O–H groups in total.